The molecule has 0 saturated heterocycles. The molecular formula is C11H13BrO2S. The van der Waals surface area contributed by atoms with Gasteiger partial charge >= 0.3 is 0 Å². The summed E-state index contributed by atoms with van der Waals surface area (Å²) in [6.07, 6.45) is 0.396. The van der Waals surface area contributed by atoms with Gasteiger partial charge in [0.2, 0.25) is 0 Å². The fourth-order valence-corrected chi connectivity index (χ4v) is 3.54. The molecule has 4 heteroatoms. The first-order valence-corrected chi connectivity index (χ1v) is 6.80. The number of ether oxygens (including phenoxy) is 1. The molecule has 1 aliphatic heterocycles. The number of methoxy groups -OCH3 is 1. The molecule has 0 spiro atoms. The largest absolute Gasteiger partial charge is 0.496 e. The molecule has 15 heavy (non-hydrogen) atoms. The van der Waals surface area contributed by atoms with Crippen LogP contribution in [0.1, 0.15) is 23.7 Å². The Morgan fingerprint density at radius 2 is 2.33 bits per heavy atom. The third-order valence-corrected chi connectivity index (χ3v) is 4.36. The van der Waals surface area contributed by atoms with Crippen molar-refractivity contribution in [3.63, 3.8) is 0 Å². The number of benzene rings is 1. The Kier molecular flexibility index (Phi) is 3.59. The van der Waals surface area contributed by atoms with Crippen molar-refractivity contribution in [2.24, 2.45) is 0 Å². The Morgan fingerprint density at radius 3 is 3.07 bits per heavy atom. The van der Waals surface area contributed by atoms with E-state index < -0.39 is 6.10 Å². The minimum Gasteiger partial charge on any atom is -0.496 e. The minimum atomic E-state index is -0.401. The Labute approximate surface area is 102 Å². The second-order valence-electron chi connectivity index (χ2n) is 3.50. The maximum absolute atomic E-state index is 10.1. The van der Waals surface area contributed by atoms with Gasteiger partial charge in [-0.25, -0.2) is 0 Å². The lowest BCUT2D eigenvalue weighted by molar-refractivity contribution is 0.170. The highest BCUT2D eigenvalue weighted by atomic mass is 79.9. The Bertz CT molecular complexity index is 368. The predicted molar refractivity (Wildman–Crippen MR) is 66.4 cm³/mol. The standard InChI is InChI=1S/C11H13BrO2S/c1-14-10-3-2-8(12)7-6-15-5-4-9(13)11(7)10/h2-3,9,13H,4-6H2,1H3. The number of rotatable bonds is 1. The zero-order valence-electron chi connectivity index (χ0n) is 8.50. The second-order valence-corrected chi connectivity index (χ2v) is 5.46. The smallest absolute Gasteiger partial charge is 0.125 e. The van der Waals surface area contributed by atoms with Crippen LogP contribution in [0.5, 0.6) is 5.75 Å². The second kappa shape index (κ2) is 4.76. The van der Waals surface area contributed by atoms with E-state index in [4.69, 9.17) is 4.74 Å². The molecule has 0 aliphatic carbocycles. The molecule has 1 heterocycles. The summed E-state index contributed by atoms with van der Waals surface area (Å²) in [5.41, 5.74) is 2.13. The van der Waals surface area contributed by atoms with Crippen LogP contribution in [0.25, 0.3) is 0 Å². The molecular weight excluding hydrogens is 276 g/mol. The first-order valence-electron chi connectivity index (χ1n) is 4.85. The average Bonchev–Trinajstić information content (AvgIpc) is 2.43. The van der Waals surface area contributed by atoms with Gasteiger partial charge in [-0.3, -0.25) is 0 Å². The fourth-order valence-electron chi connectivity index (χ4n) is 1.82. The SMILES string of the molecule is COc1ccc(Br)c2c1C(O)CCSC2. The molecule has 0 aromatic heterocycles. The molecule has 1 aliphatic rings. The van der Waals surface area contributed by atoms with E-state index in [9.17, 15) is 5.11 Å². The van der Waals surface area contributed by atoms with Gasteiger partial charge in [-0.2, -0.15) is 11.8 Å². The van der Waals surface area contributed by atoms with Gasteiger partial charge in [0.1, 0.15) is 5.75 Å². The van der Waals surface area contributed by atoms with Crippen LogP contribution in [0.4, 0.5) is 0 Å². The van der Waals surface area contributed by atoms with Crippen molar-refractivity contribution in [1.29, 1.82) is 0 Å². The Morgan fingerprint density at radius 1 is 1.53 bits per heavy atom. The third kappa shape index (κ3) is 2.17. The van der Waals surface area contributed by atoms with E-state index in [-0.39, 0.29) is 0 Å². The van der Waals surface area contributed by atoms with Crippen molar-refractivity contribution < 1.29 is 9.84 Å². The maximum Gasteiger partial charge on any atom is 0.125 e. The predicted octanol–water partition coefficient (Wildman–Crippen LogP) is 3.13. The van der Waals surface area contributed by atoms with Crippen LogP contribution in [-0.2, 0) is 5.75 Å². The van der Waals surface area contributed by atoms with Gasteiger partial charge in [0, 0.05) is 15.8 Å². The molecule has 82 valence electrons. The maximum atomic E-state index is 10.1. The highest BCUT2D eigenvalue weighted by molar-refractivity contribution is 9.10. The monoisotopic (exact) mass is 288 g/mol. The molecule has 1 unspecified atom stereocenters. The molecule has 2 rings (SSSR count). The lowest BCUT2D eigenvalue weighted by atomic mass is 10.0. The van der Waals surface area contributed by atoms with Crippen LogP contribution in [-0.4, -0.2) is 18.0 Å². The number of halogens is 1. The number of aliphatic hydroxyl groups excluding tert-OH is 1. The van der Waals surface area contributed by atoms with E-state index >= 15 is 0 Å². The molecule has 0 amide bonds. The average molecular weight is 289 g/mol. The summed E-state index contributed by atoms with van der Waals surface area (Å²) in [5.74, 6) is 2.72. The molecule has 1 atom stereocenters. The topological polar surface area (TPSA) is 29.5 Å². The van der Waals surface area contributed by atoms with E-state index in [1.165, 1.54) is 5.56 Å². The molecule has 0 radical (unpaired) electrons. The lowest BCUT2D eigenvalue weighted by Crippen LogP contribution is -2.03. The van der Waals surface area contributed by atoms with Crippen LogP contribution in [0, 0.1) is 0 Å². The van der Waals surface area contributed by atoms with Crippen LogP contribution >= 0.6 is 27.7 Å². The molecule has 0 fully saturated rings. The van der Waals surface area contributed by atoms with Gasteiger partial charge in [-0.1, -0.05) is 15.9 Å². The van der Waals surface area contributed by atoms with Gasteiger partial charge in [0.05, 0.1) is 13.2 Å². The number of hydrogen-bond acceptors (Lipinski definition) is 3. The van der Waals surface area contributed by atoms with Crippen molar-refractivity contribution in [1.82, 2.24) is 0 Å². The van der Waals surface area contributed by atoms with Crippen LogP contribution in [0.15, 0.2) is 16.6 Å². The highest BCUT2D eigenvalue weighted by Gasteiger charge is 2.22. The van der Waals surface area contributed by atoms with E-state index in [0.717, 1.165) is 33.7 Å². The molecule has 1 aromatic rings. The third-order valence-electron chi connectivity index (χ3n) is 2.60. The van der Waals surface area contributed by atoms with Gasteiger partial charge < -0.3 is 9.84 Å². The van der Waals surface area contributed by atoms with Crippen LogP contribution < -0.4 is 4.74 Å². The van der Waals surface area contributed by atoms with E-state index in [2.05, 4.69) is 15.9 Å². The molecule has 1 N–H and O–H groups in total. The lowest BCUT2D eigenvalue weighted by Gasteiger charge is -2.16. The summed E-state index contributed by atoms with van der Waals surface area (Å²) in [6, 6.07) is 3.89. The van der Waals surface area contributed by atoms with Crippen molar-refractivity contribution in [2.45, 2.75) is 18.3 Å². The molecule has 1 aromatic carbocycles. The van der Waals surface area contributed by atoms with Gasteiger partial charge in [0.15, 0.2) is 0 Å². The number of thioether (sulfide) groups is 1. The van der Waals surface area contributed by atoms with Crippen molar-refractivity contribution in [3.05, 3.63) is 27.7 Å². The highest BCUT2D eigenvalue weighted by Crippen LogP contribution is 2.40. The quantitative estimate of drug-likeness (QED) is 0.861. The molecule has 0 saturated carbocycles. The van der Waals surface area contributed by atoms with Crippen LogP contribution in [0.2, 0.25) is 0 Å². The summed E-state index contributed by atoms with van der Waals surface area (Å²) in [4.78, 5) is 0. The van der Waals surface area contributed by atoms with E-state index in [1.807, 2.05) is 23.9 Å². The van der Waals surface area contributed by atoms with Gasteiger partial charge in [0.25, 0.3) is 0 Å². The summed E-state index contributed by atoms with van der Waals surface area (Å²) in [7, 11) is 1.65. The zero-order chi connectivity index (χ0) is 10.8. The van der Waals surface area contributed by atoms with Gasteiger partial charge in [-0.05, 0) is 29.9 Å². The number of hydrogen-bond donors (Lipinski definition) is 1. The normalized spacial score (nSPS) is 20.6. The summed E-state index contributed by atoms with van der Waals surface area (Å²) < 4.78 is 6.37. The van der Waals surface area contributed by atoms with Gasteiger partial charge in [-0.15, -0.1) is 0 Å². The summed E-state index contributed by atoms with van der Waals surface area (Å²) in [5, 5.41) is 10.1. The first-order chi connectivity index (χ1) is 7.24. The first kappa shape index (κ1) is 11.3. The number of fused-ring (bicyclic) bond motifs is 1. The zero-order valence-corrected chi connectivity index (χ0v) is 10.9. The van der Waals surface area contributed by atoms with Crippen molar-refractivity contribution >= 4 is 27.7 Å². The van der Waals surface area contributed by atoms with Crippen molar-refractivity contribution in [3.8, 4) is 5.75 Å². The van der Waals surface area contributed by atoms with E-state index in [1.54, 1.807) is 7.11 Å². The minimum absolute atomic E-state index is 0.401. The molecule has 2 nitrogen and oxygen atoms in total. The fraction of sp³-hybridized carbons (Fsp3) is 0.455. The molecule has 0 bridgehead atoms. The summed E-state index contributed by atoms with van der Waals surface area (Å²) in [6.45, 7) is 0. The Balaban J connectivity index is 2.56. The van der Waals surface area contributed by atoms with E-state index in [0.29, 0.717) is 0 Å². The number of aliphatic hydroxyl groups is 1. The summed E-state index contributed by atoms with van der Waals surface area (Å²) >= 11 is 5.38. The Hall–Kier alpha value is -0.190. The van der Waals surface area contributed by atoms with Crippen LogP contribution in [0.3, 0.4) is 0 Å². The van der Waals surface area contributed by atoms with Crippen molar-refractivity contribution in [2.75, 3.05) is 12.9 Å².